The van der Waals surface area contributed by atoms with Crippen LogP contribution >= 0.6 is 34.9 Å². The van der Waals surface area contributed by atoms with Crippen LogP contribution in [0.25, 0.3) is 0 Å². The minimum Gasteiger partial charge on any atom is -0.477 e. The van der Waals surface area contributed by atoms with Gasteiger partial charge in [-0.15, -0.1) is 23.1 Å². The van der Waals surface area contributed by atoms with Gasteiger partial charge in [0.25, 0.3) is 11.8 Å². The number of carboxylic acid groups (broad SMARTS) is 1. The third-order valence-corrected chi connectivity index (χ3v) is 7.98. The molecule has 0 aliphatic carbocycles. The van der Waals surface area contributed by atoms with E-state index in [-0.39, 0.29) is 22.2 Å². The van der Waals surface area contributed by atoms with Gasteiger partial charge in [0.2, 0.25) is 0 Å². The lowest BCUT2D eigenvalue weighted by atomic mass is 9.95. The number of aliphatic carboxylic acids is 1. The Labute approximate surface area is 191 Å². The minimum atomic E-state index is -1.17. The Morgan fingerprint density at radius 1 is 1.48 bits per heavy atom. The van der Waals surface area contributed by atoms with Gasteiger partial charge in [0.15, 0.2) is 16.5 Å². The second-order valence-electron chi connectivity index (χ2n) is 7.74. The zero-order chi connectivity index (χ0) is 22.9. The molecule has 3 rings (SSSR count). The second-order valence-corrected chi connectivity index (χ2v) is 10.9. The van der Waals surface area contributed by atoms with Crippen LogP contribution < -0.4 is 11.1 Å². The summed E-state index contributed by atoms with van der Waals surface area (Å²) in [6, 6.07) is -1.33. The molecule has 31 heavy (non-hydrogen) atoms. The number of thioether (sulfide) groups is 2. The number of oxime groups is 1. The van der Waals surface area contributed by atoms with Gasteiger partial charge >= 0.3 is 5.97 Å². The predicted octanol–water partition coefficient (Wildman–Crippen LogP) is 0.169. The van der Waals surface area contributed by atoms with Gasteiger partial charge in [-0.3, -0.25) is 14.5 Å². The highest BCUT2D eigenvalue weighted by molar-refractivity contribution is 8.22. The van der Waals surface area contributed by atoms with E-state index in [1.807, 2.05) is 21.1 Å². The van der Waals surface area contributed by atoms with Crippen LogP contribution in [0.2, 0.25) is 0 Å². The highest BCUT2D eigenvalue weighted by atomic mass is 32.2. The van der Waals surface area contributed by atoms with Gasteiger partial charge < -0.3 is 25.5 Å². The van der Waals surface area contributed by atoms with Gasteiger partial charge in [-0.2, -0.15) is 0 Å². The van der Waals surface area contributed by atoms with Crippen LogP contribution in [0.1, 0.15) is 5.69 Å². The normalized spacial score (nSPS) is 21.5. The van der Waals surface area contributed by atoms with E-state index in [1.165, 1.54) is 35.5 Å². The lowest BCUT2D eigenvalue weighted by molar-refractivity contribution is -0.857. The first-order valence-electron chi connectivity index (χ1n) is 9.03. The summed E-state index contributed by atoms with van der Waals surface area (Å²) in [7, 11) is 7.29. The summed E-state index contributed by atoms with van der Waals surface area (Å²) in [6.07, 6.45) is 0. The number of hydrogen-bond donors (Lipinski definition) is 3. The minimum absolute atomic E-state index is 0.0340. The first-order valence-corrected chi connectivity index (χ1v) is 11.9. The number of rotatable bonds is 8. The van der Waals surface area contributed by atoms with E-state index in [0.717, 1.165) is 11.3 Å². The van der Waals surface area contributed by atoms with Crippen LogP contribution in [0.15, 0.2) is 20.5 Å². The fraction of sp³-hybridized carbons (Fsp3) is 0.471. The number of nitrogens with one attached hydrogen (secondary N) is 1. The molecule has 0 spiro atoms. The van der Waals surface area contributed by atoms with Crippen molar-refractivity contribution >= 4 is 63.5 Å². The van der Waals surface area contributed by atoms with Gasteiger partial charge in [-0.25, -0.2) is 9.78 Å². The summed E-state index contributed by atoms with van der Waals surface area (Å²) in [4.78, 5) is 47.5. The van der Waals surface area contributed by atoms with E-state index >= 15 is 0 Å². The quantitative estimate of drug-likeness (QED) is 0.153. The van der Waals surface area contributed by atoms with E-state index in [1.54, 1.807) is 5.38 Å². The predicted molar refractivity (Wildman–Crippen MR) is 120 cm³/mol. The van der Waals surface area contributed by atoms with Gasteiger partial charge in [0, 0.05) is 11.1 Å². The van der Waals surface area contributed by atoms with E-state index in [0.29, 0.717) is 20.3 Å². The standard InChI is InChI=1S/C17H22N6O5S3/c1-23(2,3)7-31-16-12(15(26)27)22-9(6-29-16)11(14(22)25)20-13(24)10(21-28-4)8-5-30-17(18)19-8/h5,9,11H,6-7H2,1-4H3,(H3-,18,19,20,24,26,27)/p+1. The number of fused-ring (bicyclic) bond motifs is 1. The fourth-order valence-electron chi connectivity index (χ4n) is 2.93. The number of β-lactam (4-membered cyclic amide) rings is 1. The molecule has 168 valence electrons. The smallest absolute Gasteiger partial charge is 0.354 e. The van der Waals surface area contributed by atoms with Crippen molar-refractivity contribution in [3.05, 3.63) is 21.0 Å². The molecule has 2 unspecified atom stereocenters. The molecule has 14 heteroatoms. The highest BCUT2D eigenvalue weighted by Gasteiger charge is 2.54. The van der Waals surface area contributed by atoms with E-state index in [4.69, 9.17) is 10.6 Å². The number of thiazole rings is 1. The van der Waals surface area contributed by atoms with Crippen LogP contribution in [0, 0.1) is 0 Å². The number of quaternary nitrogens is 1. The van der Waals surface area contributed by atoms with Crippen molar-refractivity contribution in [1.29, 1.82) is 0 Å². The fourth-order valence-corrected chi connectivity index (χ4v) is 5.99. The maximum Gasteiger partial charge on any atom is 0.354 e. The molecule has 1 aromatic rings. The molecular weight excluding hydrogens is 464 g/mol. The second kappa shape index (κ2) is 9.06. The highest BCUT2D eigenvalue weighted by Crippen LogP contribution is 2.44. The zero-order valence-electron chi connectivity index (χ0n) is 17.3. The molecule has 2 aliphatic heterocycles. The van der Waals surface area contributed by atoms with Crippen molar-refractivity contribution in [2.75, 3.05) is 45.6 Å². The number of carboxylic acids is 1. The molecule has 0 aromatic carbocycles. The summed E-state index contributed by atoms with van der Waals surface area (Å²) in [6.45, 7) is 0. The van der Waals surface area contributed by atoms with Crippen LogP contribution in [0.5, 0.6) is 0 Å². The Morgan fingerprint density at radius 3 is 2.74 bits per heavy atom. The van der Waals surface area contributed by atoms with Crippen molar-refractivity contribution in [2.45, 2.75) is 12.1 Å². The van der Waals surface area contributed by atoms with Crippen molar-refractivity contribution in [3.63, 3.8) is 0 Å². The molecule has 2 atom stereocenters. The van der Waals surface area contributed by atoms with Gasteiger partial charge in [0.05, 0.1) is 31.4 Å². The van der Waals surface area contributed by atoms with Crippen molar-refractivity contribution in [3.8, 4) is 0 Å². The molecule has 0 saturated carbocycles. The molecule has 11 nitrogen and oxygen atoms in total. The first-order chi connectivity index (χ1) is 14.5. The summed E-state index contributed by atoms with van der Waals surface area (Å²) < 4.78 is 1.23. The van der Waals surface area contributed by atoms with Crippen LogP contribution in [0.3, 0.4) is 0 Å². The lowest BCUT2D eigenvalue weighted by Crippen LogP contribution is -2.72. The molecule has 0 radical (unpaired) electrons. The largest absolute Gasteiger partial charge is 0.477 e. The number of nitrogen functional groups attached to an aromatic ring is 1. The van der Waals surface area contributed by atoms with Gasteiger partial charge in [-0.05, 0) is 0 Å². The molecule has 3 heterocycles. The molecule has 2 amide bonds. The summed E-state index contributed by atoms with van der Waals surface area (Å²) in [5, 5.41) is 17.9. The maximum atomic E-state index is 12.8. The Balaban J connectivity index is 1.77. The average Bonchev–Trinajstić information content (AvgIpc) is 3.12. The van der Waals surface area contributed by atoms with E-state index < -0.39 is 29.9 Å². The third-order valence-electron chi connectivity index (χ3n) is 4.27. The zero-order valence-corrected chi connectivity index (χ0v) is 19.8. The number of carbonyl (C=O) groups is 3. The van der Waals surface area contributed by atoms with Crippen molar-refractivity contribution in [2.24, 2.45) is 5.16 Å². The lowest BCUT2D eigenvalue weighted by Gasteiger charge is -2.49. The third kappa shape index (κ3) is 4.97. The van der Waals surface area contributed by atoms with Gasteiger partial charge in [0.1, 0.15) is 24.7 Å². The molecule has 2 aliphatic rings. The molecule has 1 aromatic heterocycles. The van der Waals surface area contributed by atoms with Gasteiger partial charge in [-0.1, -0.05) is 16.9 Å². The van der Waals surface area contributed by atoms with Crippen LogP contribution in [0.4, 0.5) is 5.13 Å². The monoisotopic (exact) mass is 487 g/mol. The molecule has 0 bridgehead atoms. The number of anilines is 1. The molecule has 4 N–H and O–H groups in total. The number of nitrogens with zero attached hydrogens (tertiary/aromatic N) is 4. The van der Waals surface area contributed by atoms with E-state index in [9.17, 15) is 19.5 Å². The topological polar surface area (TPSA) is 147 Å². The molecular formula is C17H23N6O5S3+. The first kappa shape index (κ1) is 23.4. The molecule has 1 saturated heterocycles. The number of hydrogen-bond acceptors (Lipinski definition) is 10. The van der Waals surface area contributed by atoms with Crippen molar-refractivity contribution in [1.82, 2.24) is 15.2 Å². The van der Waals surface area contributed by atoms with Crippen LogP contribution in [-0.4, -0.2) is 94.9 Å². The van der Waals surface area contributed by atoms with Crippen molar-refractivity contribution < 1.29 is 28.8 Å². The molecule has 1 fully saturated rings. The number of amides is 2. The van der Waals surface area contributed by atoms with Crippen LogP contribution in [-0.2, 0) is 19.2 Å². The Hall–Kier alpha value is -2.29. The Kier molecular flexibility index (Phi) is 6.83. The summed E-state index contributed by atoms with van der Waals surface area (Å²) in [5.74, 6) is -1.18. The Bertz CT molecular complexity index is 970. The van der Waals surface area contributed by atoms with E-state index in [2.05, 4.69) is 15.5 Å². The summed E-state index contributed by atoms with van der Waals surface area (Å²) >= 11 is 3.93. The average molecular weight is 488 g/mol. The summed E-state index contributed by atoms with van der Waals surface area (Å²) in [5.41, 5.74) is 5.70. The number of nitrogens with two attached hydrogens (primary N) is 1. The number of aromatic nitrogens is 1. The number of carbonyl (C=O) groups excluding carboxylic acids is 2. The maximum absolute atomic E-state index is 12.8. The SMILES string of the molecule is CON=C(C(=O)NC1C(=O)N2C(C(=O)O)=C(SC[N+](C)(C)C)SCC12)c1csc(N)n1. The Morgan fingerprint density at radius 2 is 2.19 bits per heavy atom.